The van der Waals surface area contributed by atoms with Gasteiger partial charge in [0.15, 0.2) is 0 Å². The molecule has 0 spiro atoms. The Kier molecular flexibility index (Phi) is 32.8. The fourth-order valence-electron chi connectivity index (χ4n) is 1.57. The van der Waals surface area contributed by atoms with Crippen LogP contribution in [-0.2, 0) is 74.5 Å². The molecule has 0 heterocycles. The maximum absolute atomic E-state index is 4.11. The van der Waals surface area contributed by atoms with Crippen LogP contribution in [-0.4, -0.2) is 86.7 Å². The third kappa shape index (κ3) is 22.0. The first-order chi connectivity index (χ1) is 11.2. The summed E-state index contributed by atoms with van der Waals surface area (Å²) in [7, 11) is 0. The molecule has 0 saturated carbocycles. The zero-order valence-corrected chi connectivity index (χ0v) is 24.6. The van der Waals surface area contributed by atoms with Gasteiger partial charge < -0.3 is 0 Å². The Morgan fingerprint density at radius 2 is 0.640 bits per heavy atom. The average Bonchev–Trinajstić information content (AvgIpc) is 2.51. The molecular formula is C15H39GaN3S6+9. The first-order valence-electron chi connectivity index (χ1n) is 8.23. The van der Waals surface area contributed by atoms with Crippen molar-refractivity contribution in [1.82, 2.24) is 14.7 Å². The van der Waals surface area contributed by atoms with Crippen molar-refractivity contribution in [2.24, 2.45) is 0 Å². The molecule has 0 unspecified atom stereocenters. The van der Waals surface area contributed by atoms with Crippen molar-refractivity contribution in [2.75, 3.05) is 39.3 Å². The Hall–Kier alpha value is 1.84. The van der Waals surface area contributed by atoms with Gasteiger partial charge in [-0.05, 0) is 0 Å². The summed E-state index contributed by atoms with van der Waals surface area (Å²) >= 11 is 22.3. The van der Waals surface area contributed by atoms with E-state index in [0.717, 1.165) is 52.2 Å². The monoisotopic (exact) mass is 522 g/mol. The first kappa shape index (κ1) is 34.4. The van der Waals surface area contributed by atoms with E-state index in [2.05, 4.69) is 131 Å². The molecule has 0 bridgehead atoms. The van der Waals surface area contributed by atoms with Crippen LogP contribution in [0.2, 0.25) is 0 Å². The zero-order chi connectivity index (χ0) is 19.7. The van der Waals surface area contributed by atoms with Crippen LogP contribution in [0.1, 0.15) is 41.5 Å². The summed E-state index contributed by atoms with van der Waals surface area (Å²) in [4.78, 5) is 6.33. The number of thiol groups is 3. The number of hydrogen-bond donors (Lipinski definition) is 0. The molecule has 0 aromatic rings. The van der Waals surface area contributed by atoms with E-state index in [9.17, 15) is 0 Å². The van der Waals surface area contributed by atoms with Gasteiger partial charge in [0.2, 0.25) is 36.7 Å². The van der Waals surface area contributed by atoms with E-state index in [1.165, 1.54) is 0 Å². The average molecular weight is 524 g/mol. The largest absolute Gasteiger partial charge is 3.00 e. The Bertz CT molecular complexity index is 294. The summed E-state index contributed by atoms with van der Waals surface area (Å²) in [5, 5.41) is 0. The predicted molar refractivity (Wildman–Crippen MR) is 146 cm³/mol. The van der Waals surface area contributed by atoms with Crippen molar-refractivity contribution >= 4 is 107 Å². The molecule has 3 nitrogen and oxygen atoms in total. The number of hydrogen-bond acceptors (Lipinski definition) is 0. The molecule has 10 heteroatoms. The third-order valence-electron chi connectivity index (χ3n) is 3.19. The second-order valence-corrected chi connectivity index (χ2v) is 8.44. The summed E-state index contributed by atoms with van der Waals surface area (Å²) in [5.41, 5.74) is 0. The molecule has 0 radical (unpaired) electrons. The number of rotatable bonds is 6. The fourth-order valence-corrected chi connectivity index (χ4v) is 3.37. The quantitative estimate of drug-likeness (QED) is 0.186. The molecular weight excluding hydrogens is 484 g/mol. The van der Waals surface area contributed by atoms with Gasteiger partial charge in [0.25, 0.3) is 0 Å². The molecule has 0 N–H and O–H groups in total. The van der Waals surface area contributed by atoms with Crippen LogP contribution in [0, 0.1) is 0 Å². The van der Waals surface area contributed by atoms with Gasteiger partial charge in [-0.15, -0.1) is 0 Å². The van der Waals surface area contributed by atoms with Crippen molar-refractivity contribution in [1.29, 1.82) is 0 Å². The fraction of sp³-hybridized carbons (Fsp3) is 0.800. The zero-order valence-electron chi connectivity index (χ0n) is 16.5. The van der Waals surface area contributed by atoms with Crippen molar-refractivity contribution in [2.45, 2.75) is 41.5 Å². The molecule has 0 aromatic heterocycles. The minimum Gasteiger partial charge on any atom is -0.184 e. The Balaban J connectivity index is -0.000000130. The standard InChI is InChI=1S/3C5H11NS2.Ga/c3*1-3-6(4-2)5(7)8;/h3*3-4H2,1-2H3,(H,7,8);/q;;;+3/p+6. The van der Waals surface area contributed by atoms with Crippen LogP contribution in [0.15, 0.2) is 0 Å². The SMILES string of the molecule is CCN(CC)C(=[SH+])[SH2+].CCN(CC)C(=[SH+])[SH2+].CCN(CC)C(=[SH+])[SH2+].[Ga+3]. The molecule has 0 amide bonds. The van der Waals surface area contributed by atoms with Crippen molar-refractivity contribution in [3.8, 4) is 0 Å². The molecule has 25 heavy (non-hydrogen) atoms. The van der Waals surface area contributed by atoms with Crippen LogP contribution in [0.5, 0.6) is 0 Å². The van der Waals surface area contributed by atoms with Crippen molar-refractivity contribution in [3.63, 3.8) is 0 Å². The van der Waals surface area contributed by atoms with E-state index < -0.39 is 0 Å². The Labute approximate surface area is 201 Å². The second kappa shape index (κ2) is 23.9. The van der Waals surface area contributed by atoms with Gasteiger partial charge >= 0.3 is 32.8 Å². The van der Waals surface area contributed by atoms with Gasteiger partial charge in [-0.1, -0.05) is 41.5 Å². The van der Waals surface area contributed by atoms with Crippen molar-refractivity contribution in [3.05, 3.63) is 0 Å². The normalized spacial score (nSPS) is 9.60. The van der Waals surface area contributed by atoms with Gasteiger partial charge in [0.05, 0.1) is 37.9 Å². The summed E-state index contributed by atoms with van der Waals surface area (Å²) in [5.74, 6) is 0. The summed E-state index contributed by atoms with van der Waals surface area (Å²) in [6.45, 7) is 18.7. The molecule has 0 saturated heterocycles. The molecule has 0 aliphatic rings. The Morgan fingerprint density at radius 1 is 0.520 bits per heavy atom. The van der Waals surface area contributed by atoms with Gasteiger partial charge in [-0.25, -0.2) is 0 Å². The predicted octanol–water partition coefficient (Wildman–Crippen LogP) is -1.26. The minimum absolute atomic E-state index is 0. The van der Waals surface area contributed by atoms with Gasteiger partial charge in [0.1, 0.15) is 0 Å². The molecule has 0 aliphatic carbocycles. The number of nitrogens with zero attached hydrogens (tertiary/aromatic N) is 3. The second-order valence-electron chi connectivity index (χ2n) is 4.49. The van der Waals surface area contributed by atoms with Crippen LogP contribution >= 0.6 is 0 Å². The smallest absolute Gasteiger partial charge is 0.184 e. The van der Waals surface area contributed by atoms with Crippen LogP contribution in [0.3, 0.4) is 0 Å². The summed E-state index contributed by atoms with van der Waals surface area (Å²) in [6.07, 6.45) is 0. The van der Waals surface area contributed by atoms with Crippen LogP contribution < -0.4 is 0 Å². The maximum atomic E-state index is 4.11. The van der Waals surface area contributed by atoms with E-state index in [1.807, 2.05) is 0 Å². The minimum atomic E-state index is 0. The van der Waals surface area contributed by atoms with Crippen LogP contribution in [0.4, 0.5) is 0 Å². The molecule has 0 fully saturated rings. The molecule has 0 aromatic carbocycles. The molecule has 0 aliphatic heterocycles. The van der Waals surface area contributed by atoms with Gasteiger partial charge in [-0.3, -0.25) is 0 Å². The summed E-state index contributed by atoms with van der Waals surface area (Å²) < 4.78 is 2.74. The molecule has 144 valence electrons. The maximum Gasteiger partial charge on any atom is 3.00 e. The first-order valence-corrected chi connectivity index (χ1v) is 11.1. The van der Waals surface area contributed by atoms with E-state index in [4.69, 9.17) is 0 Å². The van der Waals surface area contributed by atoms with E-state index in [-0.39, 0.29) is 19.8 Å². The van der Waals surface area contributed by atoms with Crippen LogP contribution in [0.25, 0.3) is 0 Å². The molecule has 0 atom stereocenters. The van der Waals surface area contributed by atoms with Crippen molar-refractivity contribution < 1.29 is 0 Å². The Morgan fingerprint density at radius 3 is 0.640 bits per heavy atom. The molecule has 0 rings (SSSR count). The van der Waals surface area contributed by atoms with E-state index in [1.54, 1.807) is 0 Å². The van der Waals surface area contributed by atoms with E-state index in [0.29, 0.717) is 0 Å². The van der Waals surface area contributed by atoms with Gasteiger partial charge in [-0.2, -0.15) is 14.7 Å². The van der Waals surface area contributed by atoms with E-state index >= 15 is 0 Å². The topological polar surface area (TPSA) is 9.72 Å². The third-order valence-corrected chi connectivity index (χ3v) is 4.99. The summed E-state index contributed by atoms with van der Waals surface area (Å²) in [6, 6.07) is 0. The van der Waals surface area contributed by atoms with Gasteiger partial charge in [0, 0.05) is 39.3 Å².